The average Bonchev–Trinajstić information content (AvgIpc) is 2.74. The van der Waals surface area contributed by atoms with Crippen LogP contribution in [-0.2, 0) is 4.79 Å². The van der Waals surface area contributed by atoms with Gasteiger partial charge in [-0.05, 0) is 49.6 Å². The van der Waals surface area contributed by atoms with Crippen molar-refractivity contribution in [3.63, 3.8) is 0 Å². The number of amides is 1. The number of hydrogen-bond donors (Lipinski definition) is 1. The first-order chi connectivity index (χ1) is 14.0. The van der Waals surface area contributed by atoms with Crippen LogP contribution in [0.2, 0.25) is 0 Å². The van der Waals surface area contributed by atoms with Gasteiger partial charge >= 0.3 is 0 Å². The van der Waals surface area contributed by atoms with E-state index in [0.29, 0.717) is 29.0 Å². The molecule has 1 amide bonds. The van der Waals surface area contributed by atoms with Crippen molar-refractivity contribution >= 4 is 17.4 Å². The predicted molar refractivity (Wildman–Crippen MR) is 116 cm³/mol. The van der Waals surface area contributed by atoms with Gasteiger partial charge in [0.05, 0.1) is 5.69 Å². The van der Waals surface area contributed by atoms with Crippen LogP contribution in [0.25, 0.3) is 0 Å². The summed E-state index contributed by atoms with van der Waals surface area (Å²) in [7, 11) is 0. The van der Waals surface area contributed by atoms with E-state index in [1.807, 2.05) is 57.2 Å². The molecule has 0 unspecified atom stereocenters. The Labute approximate surface area is 171 Å². The molecule has 29 heavy (non-hydrogen) atoms. The maximum absolute atomic E-state index is 12.9. The number of nitrogens with one attached hydrogen (secondary N) is 1. The van der Waals surface area contributed by atoms with Gasteiger partial charge in [-0.2, -0.15) is 0 Å². The quantitative estimate of drug-likeness (QED) is 0.558. The number of benzene rings is 3. The third-order valence-corrected chi connectivity index (χ3v) is 4.74. The van der Waals surface area contributed by atoms with Crippen molar-refractivity contribution in [2.24, 2.45) is 0 Å². The highest BCUT2D eigenvalue weighted by atomic mass is 16.5. The lowest BCUT2D eigenvalue weighted by Gasteiger charge is -2.20. The van der Waals surface area contributed by atoms with Gasteiger partial charge in [0.15, 0.2) is 11.9 Å². The van der Waals surface area contributed by atoms with E-state index in [0.717, 1.165) is 11.1 Å². The van der Waals surface area contributed by atoms with Gasteiger partial charge in [0.1, 0.15) is 5.75 Å². The minimum absolute atomic E-state index is 0.134. The Balaban J connectivity index is 1.81. The Morgan fingerprint density at radius 1 is 0.931 bits per heavy atom. The van der Waals surface area contributed by atoms with Gasteiger partial charge in [-0.15, -0.1) is 0 Å². The topological polar surface area (TPSA) is 55.4 Å². The first-order valence-electron chi connectivity index (χ1n) is 9.73. The molecule has 0 bridgehead atoms. The average molecular weight is 387 g/mol. The van der Waals surface area contributed by atoms with E-state index in [-0.39, 0.29) is 11.7 Å². The number of ketones is 1. The molecule has 4 nitrogen and oxygen atoms in total. The molecular formula is C25H25NO3. The molecule has 0 fully saturated rings. The summed E-state index contributed by atoms with van der Waals surface area (Å²) in [6, 6.07) is 22.0. The Bertz CT molecular complexity index is 1010. The smallest absolute Gasteiger partial charge is 0.265 e. The van der Waals surface area contributed by atoms with E-state index < -0.39 is 6.10 Å². The van der Waals surface area contributed by atoms with Gasteiger partial charge in [0, 0.05) is 11.1 Å². The zero-order valence-electron chi connectivity index (χ0n) is 16.9. The summed E-state index contributed by atoms with van der Waals surface area (Å²) in [6.07, 6.45) is -0.149. The zero-order valence-corrected chi connectivity index (χ0v) is 16.9. The Morgan fingerprint density at radius 2 is 1.62 bits per heavy atom. The Hall–Kier alpha value is -3.40. The molecular weight excluding hydrogens is 362 g/mol. The maximum atomic E-state index is 12.9. The highest BCUT2D eigenvalue weighted by molar-refractivity contribution is 6.14. The third kappa shape index (κ3) is 4.91. The van der Waals surface area contributed by atoms with E-state index in [4.69, 9.17) is 4.74 Å². The summed E-state index contributed by atoms with van der Waals surface area (Å²) in [5.74, 6) is 0.285. The second-order valence-electron chi connectivity index (χ2n) is 7.01. The lowest BCUT2D eigenvalue weighted by atomic mass is 10.0. The molecule has 3 rings (SSSR count). The fourth-order valence-electron chi connectivity index (χ4n) is 3.06. The number of ether oxygens (including phenoxy) is 1. The lowest BCUT2D eigenvalue weighted by Crippen LogP contribution is -2.33. The van der Waals surface area contributed by atoms with Crippen molar-refractivity contribution in [2.75, 3.05) is 5.32 Å². The number of aryl methyl sites for hydroxylation is 2. The van der Waals surface area contributed by atoms with Crippen molar-refractivity contribution in [2.45, 2.75) is 33.3 Å². The van der Waals surface area contributed by atoms with Gasteiger partial charge in [-0.1, -0.05) is 61.5 Å². The van der Waals surface area contributed by atoms with E-state index in [9.17, 15) is 9.59 Å². The number of rotatable bonds is 7. The van der Waals surface area contributed by atoms with Crippen LogP contribution in [0.1, 0.15) is 40.4 Å². The fourth-order valence-corrected chi connectivity index (χ4v) is 3.06. The van der Waals surface area contributed by atoms with Gasteiger partial charge in [-0.25, -0.2) is 0 Å². The van der Waals surface area contributed by atoms with Crippen LogP contribution in [0.4, 0.5) is 5.69 Å². The molecule has 0 aliphatic heterocycles. The normalized spacial score (nSPS) is 11.6. The summed E-state index contributed by atoms with van der Waals surface area (Å²) in [6.45, 7) is 5.84. The fraction of sp³-hybridized carbons (Fsp3) is 0.200. The highest BCUT2D eigenvalue weighted by Gasteiger charge is 2.22. The van der Waals surface area contributed by atoms with Gasteiger partial charge in [-0.3, -0.25) is 9.59 Å². The summed E-state index contributed by atoms with van der Waals surface area (Å²) in [5.41, 5.74) is 3.55. The van der Waals surface area contributed by atoms with Crippen molar-refractivity contribution in [3.8, 4) is 5.75 Å². The molecule has 4 heteroatoms. The first kappa shape index (κ1) is 20.3. The summed E-state index contributed by atoms with van der Waals surface area (Å²) < 4.78 is 6.00. The SMILES string of the molecule is CC[C@@H](Oc1cc(C)ccc1C)C(=O)Nc1ccccc1C(=O)c1ccccc1. The molecule has 0 radical (unpaired) electrons. The minimum atomic E-state index is -0.657. The Kier molecular flexibility index (Phi) is 6.45. The molecule has 148 valence electrons. The van der Waals surface area contributed by atoms with Crippen molar-refractivity contribution in [1.82, 2.24) is 0 Å². The second-order valence-corrected chi connectivity index (χ2v) is 7.01. The van der Waals surface area contributed by atoms with Crippen molar-refractivity contribution < 1.29 is 14.3 Å². The van der Waals surface area contributed by atoms with Gasteiger partial charge in [0.25, 0.3) is 5.91 Å². The number of carbonyl (C=O) groups excluding carboxylic acids is 2. The van der Waals surface area contributed by atoms with Crippen molar-refractivity contribution in [3.05, 3.63) is 95.1 Å². The monoisotopic (exact) mass is 387 g/mol. The van der Waals surface area contributed by atoms with Crippen LogP contribution < -0.4 is 10.1 Å². The molecule has 0 aliphatic carbocycles. The predicted octanol–water partition coefficient (Wildman–Crippen LogP) is 5.33. The molecule has 3 aromatic rings. The van der Waals surface area contributed by atoms with Crippen LogP contribution in [0, 0.1) is 13.8 Å². The first-order valence-corrected chi connectivity index (χ1v) is 9.73. The molecule has 3 aromatic carbocycles. The zero-order chi connectivity index (χ0) is 20.8. The van der Waals surface area contributed by atoms with Crippen LogP contribution in [0.3, 0.4) is 0 Å². The molecule has 0 spiro atoms. The van der Waals surface area contributed by atoms with Crippen LogP contribution in [-0.4, -0.2) is 17.8 Å². The maximum Gasteiger partial charge on any atom is 0.265 e. The summed E-state index contributed by atoms with van der Waals surface area (Å²) >= 11 is 0. The molecule has 0 heterocycles. The molecule has 0 aromatic heterocycles. The lowest BCUT2D eigenvalue weighted by molar-refractivity contribution is -0.122. The molecule has 1 atom stereocenters. The van der Waals surface area contributed by atoms with E-state index in [1.165, 1.54) is 0 Å². The highest BCUT2D eigenvalue weighted by Crippen LogP contribution is 2.23. The van der Waals surface area contributed by atoms with E-state index in [2.05, 4.69) is 5.32 Å². The molecule has 0 aliphatic rings. The largest absolute Gasteiger partial charge is 0.480 e. The Morgan fingerprint density at radius 3 is 2.34 bits per heavy atom. The summed E-state index contributed by atoms with van der Waals surface area (Å²) in [4.78, 5) is 25.8. The summed E-state index contributed by atoms with van der Waals surface area (Å²) in [5, 5.41) is 2.88. The number of anilines is 1. The van der Waals surface area contributed by atoms with Crippen LogP contribution in [0.15, 0.2) is 72.8 Å². The molecule has 0 saturated heterocycles. The minimum Gasteiger partial charge on any atom is -0.480 e. The third-order valence-electron chi connectivity index (χ3n) is 4.74. The van der Waals surface area contributed by atoms with Crippen LogP contribution >= 0.6 is 0 Å². The molecule has 1 N–H and O–H groups in total. The molecule has 0 saturated carbocycles. The standard InChI is InChI=1S/C25H25NO3/c1-4-22(29-23-16-17(2)14-15-18(23)3)25(28)26-21-13-9-8-12-20(21)24(27)19-10-6-5-7-11-19/h5-16,22H,4H2,1-3H3,(H,26,28)/t22-/m1/s1. The van der Waals surface area contributed by atoms with Crippen molar-refractivity contribution in [1.29, 1.82) is 0 Å². The number of para-hydroxylation sites is 1. The number of carbonyl (C=O) groups is 2. The second kappa shape index (κ2) is 9.20. The van der Waals surface area contributed by atoms with E-state index >= 15 is 0 Å². The van der Waals surface area contributed by atoms with E-state index in [1.54, 1.807) is 36.4 Å². The number of hydrogen-bond acceptors (Lipinski definition) is 3. The van der Waals surface area contributed by atoms with Gasteiger partial charge < -0.3 is 10.1 Å². The van der Waals surface area contributed by atoms with Crippen LogP contribution in [0.5, 0.6) is 5.75 Å². The van der Waals surface area contributed by atoms with Gasteiger partial charge in [0.2, 0.25) is 0 Å².